The Hall–Kier alpha value is -1.15. The molecule has 0 radical (unpaired) electrons. The van der Waals surface area contributed by atoms with E-state index in [0.29, 0.717) is 0 Å². The molecule has 7 nitrogen and oxygen atoms in total. The highest BCUT2D eigenvalue weighted by molar-refractivity contribution is 7.92. The molecule has 0 aromatic heterocycles. The van der Waals surface area contributed by atoms with Gasteiger partial charge in [-0.05, 0) is 0 Å². The lowest BCUT2D eigenvalue weighted by Gasteiger charge is -2.25. The Balaban J connectivity index is 2.99. The third-order valence-corrected chi connectivity index (χ3v) is 2.92. The number of urea groups is 1. The number of aliphatic hydroxyl groups is 1. The molecular formula is C5H8N2O5S. The molecular weight excluding hydrogens is 200 g/mol. The van der Waals surface area contributed by atoms with Crippen LogP contribution in [0.5, 0.6) is 0 Å². The molecule has 1 rings (SSSR count). The van der Waals surface area contributed by atoms with Crippen LogP contribution in [0.3, 0.4) is 0 Å². The molecule has 1 heterocycles. The smallest absolute Gasteiger partial charge is 0.323 e. The van der Waals surface area contributed by atoms with Crippen LogP contribution in [0.15, 0.2) is 0 Å². The molecule has 1 fully saturated rings. The fourth-order valence-corrected chi connectivity index (χ4v) is 1.99. The Morgan fingerprint density at radius 1 is 1.38 bits per heavy atom. The van der Waals surface area contributed by atoms with Gasteiger partial charge in [-0.2, -0.15) is 0 Å². The SMILES string of the molecule is CS(=O)(=O)C1C(=O)NC(=O)NC1O. The molecule has 0 spiro atoms. The van der Waals surface area contributed by atoms with Gasteiger partial charge in [-0.15, -0.1) is 0 Å². The third kappa shape index (κ3) is 1.95. The average Bonchev–Trinajstić information content (AvgIpc) is 1.78. The summed E-state index contributed by atoms with van der Waals surface area (Å²) in [7, 11) is -3.72. The van der Waals surface area contributed by atoms with Crippen LogP contribution in [0.1, 0.15) is 0 Å². The van der Waals surface area contributed by atoms with E-state index in [1.807, 2.05) is 5.32 Å². The van der Waals surface area contributed by atoms with Crippen molar-refractivity contribution in [2.24, 2.45) is 0 Å². The highest BCUT2D eigenvalue weighted by Gasteiger charge is 2.41. The molecule has 2 atom stereocenters. The van der Waals surface area contributed by atoms with Crippen molar-refractivity contribution in [2.45, 2.75) is 11.5 Å². The number of carbonyl (C=O) groups is 2. The highest BCUT2D eigenvalue weighted by Crippen LogP contribution is 2.06. The molecule has 13 heavy (non-hydrogen) atoms. The largest absolute Gasteiger partial charge is 0.372 e. The number of rotatable bonds is 1. The molecule has 0 bridgehead atoms. The molecule has 2 unspecified atom stereocenters. The fourth-order valence-electron chi connectivity index (χ4n) is 1.00. The van der Waals surface area contributed by atoms with Crippen molar-refractivity contribution in [3.8, 4) is 0 Å². The maximum Gasteiger partial charge on any atom is 0.323 e. The number of hydrogen-bond acceptors (Lipinski definition) is 5. The highest BCUT2D eigenvalue weighted by atomic mass is 32.2. The van der Waals surface area contributed by atoms with Crippen molar-refractivity contribution in [1.29, 1.82) is 0 Å². The number of imide groups is 1. The van der Waals surface area contributed by atoms with Gasteiger partial charge in [0, 0.05) is 6.26 Å². The van der Waals surface area contributed by atoms with Crippen LogP contribution in [-0.2, 0) is 14.6 Å². The first-order valence-corrected chi connectivity index (χ1v) is 5.26. The van der Waals surface area contributed by atoms with E-state index in [1.165, 1.54) is 0 Å². The zero-order valence-corrected chi connectivity index (χ0v) is 7.46. The molecule has 0 saturated carbocycles. The monoisotopic (exact) mass is 208 g/mol. The number of hydrogen-bond donors (Lipinski definition) is 3. The van der Waals surface area contributed by atoms with Gasteiger partial charge in [-0.1, -0.05) is 0 Å². The van der Waals surface area contributed by atoms with E-state index in [9.17, 15) is 18.0 Å². The lowest BCUT2D eigenvalue weighted by molar-refractivity contribution is -0.122. The minimum Gasteiger partial charge on any atom is -0.372 e. The summed E-state index contributed by atoms with van der Waals surface area (Å²) in [6, 6.07) is -0.905. The van der Waals surface area contributed by atoms with Crippen molar-refractivity contribution >= 4 is 21.8 Å². The number of amides is 3. The molecule has 3 N–H and O–H groups in total. The topological polar surface area (TPSA) is 113 Å². The van der Waals surface area contributed by atoms with E-state index < -0.39 is 33.3 Å². The maximum absolute atomic E-state index is 11.0. The van der Waals surface area contributed by atoms with E-state index in [2.05, 4.69) is 0 Å². The zero-order valence-electron chi connectivity index (χ0n) is 6.64. The fraction of sp³-hybridized carbons (Fsp3) is 0.600. The van der Waals surface area contributed by atoms with E-state index >= 15 is 0 Å². The summed E-state index contributed by atoms with van der Waals surface area (Å²) in [5.74, 6) is -1.02. The van der Waals surface area contributed by atoms with Gasteiger partial charge in [0.1, 0.15) is 0 Å². The van der Waals surface area contributed by atoms with Crippen LogP contribution in [-0.4, -0.2) is 43.2 Å². The molecule has 1 aliphatic heterocycles. The van der Waals surface area contributed by atoms with Crippen molar-refractivity contribution in [3.05, 3.63) is 0 Å². The molecule has 0 aromatic rings. The van der Waals surface area contributed by atoms with E-state index in [4.69, 9.17) is 5.11 Å². The van der Waals surface area contributed by atoms with Crippen molar-refractivity contribution in [3.63, 3.8) is 0 Å². The van der Waals surface area contributed by atoms with E-state index in [0.717, 1.165) is 6.26 Å². The van der Waals surface area contributed by atoms with Crippen LogP contribution in [0.25, 0.3) is 0 Å². The number of aliphatic hydroxyl groups excluding tert-OH is 1. The summed E-state index contributed by atoms with van der Waals surface area (Å²) >= 11 is 0. The predicted molar refractivity (Wildman–Crippen MR) is 41.3 cm³/mol. The van der Waals surface area contributed by atoms with Gasteiger partial charge in [0.25, 0.3) is 5.91 Å². The maximum atomic E-state index is 11.0. The number of carbonyl (C=O) groups excluding carboxylic acids is 2. The van der Waals surface area contributed by atoms with Crippen LogP contribution in [0.4, 0.5) is 4.79 Å². The third-order valence-electron chi connectivity index (χ3n) is 1.52. The van der Waals surface area contributed by atoms with Crippen molar-refractivity contribution in [1.82, 2.24) is 10.6 Å². The first kappa shape index (κ1) is 9.93. The lowest BCUT2D eigenvalue weighted by Crippen LogP contribution is -2.63. The van der Waals surface area contributed by atoms with E-state index in [1.54, 1.807) is 5.32 Å². The Morgan fingerprint density at radius 3 is 2.31 bits per heavy atom. The molecule has 1 saturated heterocycles. The molecule has 1 aliphatic rings. The standard InChI is InChI=1S/C5H8N2O5S/c1-13(11,12)2-3(8)6-5(10)7-4(2)9/h2-3,8H,1H3,(H2,6,7,9,10). The van der Waals surface area contributed by atoms with E-state index in [-0.39, 0.29) is 0 Å². The van der Waals surface area contributed by atoms with Gasteiger partial charge in [0.15, 0.2) is 21.3 Å². The van der Waals surface area contributed by atoms with Gasteiger partial charge in [0.2, 0.25) is 0 Å². The van der Waals surface area contributed by atoms with Crippen LogP contribution in [0, 0.1) is 0 Å². The van der Waals surface area contributed by atoms with Gasteiger partial charge < -0.3 is 10.4 Å². The van der Waals surface area contributed by atoms with Gasteiger partial charge in [-0.3, -0.25) is 10.1 Å². The van der Waals surface area contributed by atoms with Gasteiger partial charge in [-0.25, -0.2) is 13.2 Å². The number of sulfone groups is 1. The molecule has 3 amide bonds. The average molecular weight is 208 g/mol. The van der Waals surface area contributed by atoms with Crippen LogP contribution >= 0.6 is 0 Å². The lowest BCUT2D eigenvalue weighted by atomic mass is 10.3. The molecule has 0 aliphatic carbocycles. The summed E-state index contributed by atoms with van der Waals surface area (Å²) in [5.41, 5.74) is 0. The Labute approximate surface area is 74.0 Å². The van der Waals surface area contributed by atoms with Crippen LogP contribution in [0.2, 0.25) is 0 Å². The predicted octanol–water partition coefficient (Wildman–Crippen LogP) is -2.44. The summed E-state index contributed by atoms with van der Waals surface area (Å²) < 4.78 is 21.9. The second-order valence-electron chi connectivity index (χ2n) is 2.66. The van der Waals surface area contributed by atoms with Gasteiger partial charge in [0.05, 0.1) is 0 Å². The quantitative estimate of drug-likeness (QED) is 0.443. The normalized spacial score (nSPS) is 29.4. The van der Waals surface area contributed by atoms with Crippen molar-refractivity contribution < 1.29 is 23.1 Å². The van der Waals surface area contributed by atoms with Crippen LogP contribution < -0.4 is 10.6 Å². The second-order valence-corrected chi connectivity index (χ2v) is 4.82. The molecule has 8 heteroatoms. The zero-order chi connectivity index (χ0) is 10.2. The second kappa shape index (κ2) is 2.96. The van der Waals surface area contributed by atoms with Gasteiger partial charge >= 0.3 is 6.03 Å². The Kier molecular flexibility index (Phi) is 2.26. The summed E-state index contributed by atoms with van der Waals surface area (Å²) in [6.07, 6.45) is -0.881. The minimum absolute atomic E-state index is 0.804. The Bertz CT molecular complexity index is 348. The first-order valence-electron chi connectivity index (χ1n) is 3.30. The molecule has 74 valence electrons. The summed E-state index contributed by atoms with van der Waals surface area (Å²) in [4.78, 5) is 21.5. The summed E-state index contributed by atoms with van der Waals surface area (Å²) in [6.45, 7) is 0. The molecule has 0 aromatic carbocycles. The first-order chi connectivity index (χ1) is 5.82. The summed E-state index contributed by atoms with van der Waals surface area (Å²) in [5, 5.41) is 11.0. The minimum atomic E-state index is -3.72. The van der Waals surface area contributed by atoms with Crippen molar-refractivity contribution in [2.75, 3.05) is 6.26 Å². The Morgan fingerprint density at radius 2 is 1.92 bits per heavy atom. The number of nitrogens with one attached hydrogen (secondary N) is 2.